The Kier molecular flexibility index (Phi) is 4.18. The van der Waals surface area contributed by atoms with Gasteiger partial charge >= 0.3 is 0 Å². The van der Waals surface area contributed by atoms with Crippen LogP contribution in [0.1, 0.15) is 13.8 Å². The van der Waals surface area contributed by atoms with Gasteiger partial charge in [-0.25, -0.2) is 0 Å². The van der Waals surface area contributed by atoms with Crippen molar-refractivity contribution in [3.8, 4) is 5.75 Å². The van der Waals surface area contributed by atoms with Gasteiger partial charge in [-0.05, 0) is 18.1 Å². The lowest BCUT2D eigenvalue weighted by molar-refractivity contribution is -0.131. The topological polar surface area (TPSA) is 58.6 Å². The summed E-state index contributed by atoms with van der Waals surface area (Å²) in [6.45, 7) is 3.77. The number of nitrogens with one attached hydrogen (secondary N) is 1. The summed E-state index contributed by atoms with van der Waals surface area (Å²) in [6, 6.07) is 4.48. The fourth-order valence-corrected chi connectivity index (χ4v) is 2.52. The van der Waals surface area contributed by atoms with Crippen molar-refractivity contribution < 1.29 is 14.3 Å². The van der Waals surface area contributed by atoms with Crippen molar-refractivity contribution >= 4 is 29.1 Å². The second-order valence-electron chi connectivity index (χ2n) is 4.99. The lowest BCUT2D eigenvalue weighted by Gasteiger charge is -2.37. The maximum Gasteiger partial charge on any atom is 0.247 e. The standard InChI is InChI=1S/C14H17ClN2O3/c1-8(2)13-14(19)16-7-12(18)17(13)11-6-9(20-3)4-5-10(11)15/h4-6,8,13H,7H2,1-3H3,(H,16,19). The summed E-state index contributed by atoms with van der Waals surface area (Å²) in [5.74, 6) is 0.212. The van der Waals surface area contributed by atoms with E-state index in [1.807, 2.05) is 13.8 Å². The number of halogens is 1. The molecule has 2 amide bonds. The zero-order chi connectivity index (χ0) is 14.9. The number of methoxy groups -OCH3 is 1. The third-order valence-corrected chi connectivity index (χ3v) is 3.59. The first kappa shape index (κ1) is 14.7. The Bertz CT molecular complexity index is 545. The number of anilines is 1. The Balaban J connectivity index is 2.51. The molecule has 0 aliphatic carbocycles. The monoisotopic (exact) mass is 296 g/mol. The van der Waals surface area contributed by atoms with E-state index in [0.29, 0.717) is 16.5 Å². The van der Waals surface area contributed by atoms with Crippen molar-refractivity contribution in [2.45, 2.75) is 19.9 Å². The van der Waals surface area contributed by atoms with Gasteiger partial charge in [0.05, 0.1) is 24.4 Å². The maximum absolute atomic E-state index is 12.2. The van der Waals surface area contributed by atoms with Gasteiger partial charge in [0, 0.05) is 6.07 Å². The van der Waals surface area contributed by atoms with E-state index in [-0.39, 0.29) is 24.3 Å². The van der Waals surface area contributed by atoms with Crippen molar-refractivity contribution in [3.05, 3.63) is 23.2 Å². The fourth-order valence-electron chi connectivity index (χ4n) is 2.31. The zero-order valence-electron chi connectivity index (χ0n) is 11.6. The van der Waals surface area contributed by atoms with Crippen LogP contribution in [0, 0.1) is 5.92 Å². The molecule has 1 N–H and O–H groups in total. The van der Waals surface area contributed by atoms with Crippen LogP contribution < -0.4 is 15.0 Å². The summed E-state index contributed by atoms with van der Waals surface area (Å²) in [4.78, 5) is 25.7. The number of piperazine rings is 1. The summed E-state index contributed by atoms with van der Waals surface area (Å²) >= 11 is 6.19. The highest BCUT2D eigenvalue weighted by atomic mass is 35.5. The van der Waals surface area contributed by atoms with Crippen LogP contribution in [0.5, 0.6) is 5.75 Å². The smallest absolute Gasteiger partial charge is 0.247 e. The highest BCUT2D eigenvalue weighted by Crippen LogP contribution is 2.33. The second kappa shape index (κ2) is 5.71. The van der Waals surface area contributed by atoms with Crippen LogP contribution in [-0.2, 0) is 9.59 Å². The molecule has 1 atom stereocenters. The predicted octanol–water partition coefficient (Wildman–Crippen LogP) is 1.84. The first-order chi connectivity index (χ1) is 9.45. The Labute approximate surface area is 122 Å². The van der Waals surface area contributed by atoms with E-state index in [9.17, 15) is 9.59 Å². The molecule has 0 bridgehead atoms. The van der Waals surface area contributed by atoms with Crippen molar-refractivity contribution in [1.82, 2.24) is 5.32 Å². The number of benzene rings is 1. The number of carbonyl (C=O) groups is 2. The van der Waals surface area contributed by atoms with Gasteiger partial charge in [0.2, 0.25) is 11.8 Å². The molecule has 6 heteroatoms. The molecule has 5 nitrogen and oxygen atoms in total. The van der Waals surface area contributed by atoms with Crippen LogP contribution in [-0.4, -0.2) is 31.5 Å². The van der Waals surface area contributed by atoms with Crippen LogP contribution in [0.3, 0.4) is 0 Å². The van der Waals surface area contributed by atoms with Crippen molar-refractivity contribution in [2.75, 3.05) is 18.6 Å². The van der Waals surface area contributed by atoms with Crippen LogP contribution >= 0.6 is 11.6 Å². The number of carbonyl (C=O) groups excluding carboxylic acids is 2. The lowest BCUT2D eigenvalue weighted by Crippen LogP contribution is -2.60. The highest BCUT2D eigenvalue weighted by molar-refractivity contribution is 6.34. The molecule has 1 unspecified atom stereocenters. The summed E-state index contributed by atoms with van der Waals surface area (Å²) in [6.07, 6.45) is 0. The van der Waals surface area contributed by atoms with E-state index in [0.717, 1.165) is 0 Å². The van der Waals surface area contributed by atoms with E-state index in [4.69, 9.17) is 16.3 Å². The van der Waals surface area contributed by atoms with Gasteiger partial charge in [-0.3, -0.25) is 14.5 Å². The van der Waals surface area contributed by atoms with Crippen molar-refractivity contribution in [2.24, 2.45) is 5.92 Å². The van der Waals surface area contributed by atoms with E-state index in [2.05, 4.69) is 5.32 Å². The van der Waals surface area contributed by atoms with Gasteiger partial charge in [0.1, 0.15) is 11.8 Å². The number of nitrogens with zero attached hydrogens (tertiary/aromatic N) is 1. The Morgan fingerprint density at radius 2 is 2.10 bits per heavy atom. The Hall–Kier alpha value is -1.75. The molecule has 0 spiro atoms. The molecule has 1 fully saturated rings. The fraction of sp³-hybridized carbons (Fsp3) is 0.429. The SMILES string of the molecule is COc1ccc(Cl)c(N2C(=O)CNC(=O)C2C(C)C)c1. The average molecular weight is 297 g/mol. The summed E-state index contributed by atoms with van der Waals surface area (Å²) in [5.41, 5.74) is 0.504. The van der Waals surface area contributed by atoms with Crippen LogP contribution in [0.15, 0.2) is 18.2 Å². The van der Waals surface area contributed by atoms with Gasteiger partial charge in [-0.15, -0.1) is 0 Å². The van der Waals surface area contributed by atoms with E-state index in [1.54, 1.807) is 18.2 Å². The normalized spacial score (nSPS) is 19.2. The van der Waals surface area contributed by atoms with Crippen LogP contribution in [0.4, 0.5) is 5.69 Å². The minimum atomic E-state index is -0.569. The van der Waals surface area contributed by atoms with E-state index < -0.39 is 6.04 Å². The van der Waals surface area contributed by atoms with Gasteiger partial charge in [0.25, 0.3) is 0 Å². The molecular weight excluding hydrogens is 280 g/mol. The molecule has 1 aliphatic heterocycles. The van der Waals surface area contributed by atoms with Crippen molar-refractivity contribution in [1.29, 1.82) is 0 Å². The molecule has 1 aromatic carbocycles. The first-order valence-corrected chi connectivity index (χ1v) is 6.76. The molecule has 20 heavy (non-hydrogen) atoms. The summed E-state index contributed by atoms with van der Waals surface area (Å²) in [5, 5.41) is 3.02. The molecule has 2 rings (SSSR count). The lowest BCUT2D eigenvalue weighted by atomic mass is 9.98. The molecule has 108 valence electrons. The second-order valence-corrected chi connectivity index (χ2v) is 5.39. The molecule has 0 aromatic heterocycles. The van der Waals surface area contributed by atoms with Gasteiger partial charge in [0.15, 0.2) is 0 Å². The Morgan fingerprint density at radius 1 is 1.40 bits per heavy atom. The number of amides is 2. The minimum Gasteiger partial charge on any atom is -0.497 e. The molecule has 1 heterocycles. The highest BCUT2D eigenvalue weighted by Gasteiger charge is 2.38. The predicted molar refractivity (Wildman–Crippen MR) is 77.1 cm³/mol. The van der Waals surface area contributed by atoms with Gasteiger partial charge in [-0.2, -0.15) is 0 Å². The number of rotatable bonds is 3. The molecule has 1 aliphatic rings. The minimum absolute atomic E-state index is 0.0183. The molecule has 1 saturated heterocycles. The summed E-state index contributed by atoms with van der Waals surface area (Å²) < 4.78 is 5.16. The maximum atomic E-state index is 12.2. The number of hydrogen-bond acceptors (Lipinski definition) is 3. The third kappa shape index (κ3) is 2.58. The average Bonchev–Trinajstić information content (AvgIpc) is 2.41. The first-order valence-electron chi connectivity index (χ1n) is 6.39. The van der Waals surface area contributed by atoms with Crippen molar-refractivity contribution in [3.63, 3.8) is 0 Å². The molecular formula is C14H17ClN2O3. The summed E-state index contributed by atoms with van der Waals surface area (Å²) in [7, 11) is 1.54. The Morgan fingerprint density at radius 3 is 2.70 bits per heavy atom. The number of hydrogen-bond donors (Lipinski definition) is 1. The largest absolute Gasteiger partial charge is 0.497 e. The van der Waals surface area contributed by atoms with Crippen LogP contribution in [0.25, 0.3) is 0 Å². The quantitative estimate of drug-likeness (QED) is 0.926. The number of ether oxygens (including phenoxy) is 1. The molecule has 1 aromatic rings. The van der Waals surface area contributed by atoms with E-state index >= 15 is 0 Å². The van der Waals surface area contributed by atoms with Gasteiger partial charge in [-0.1, -0.05) is 25.4 Å². The third-order valence-electron chi connectivity index (χ3n) is 3.27. The zero-order valence-corrected chi connectivity index (χ0v) is 12.4. The molecule has 0 radical (unpaired) electrons. The van der Waals surface area contributed by atoms with Crippen LogP contribution in [0.2, 0.25) is 5.02 Å². The van der Waals surface area contributed by atoms with E-state index in [1.165, 1.54) is 12.0 Å². The van der Waals surface area contributed by atoms with Gasteiger partial charge < -0.3 is 10.1 Å². The molecule has 0 saturated carbocycles.